The van der Waals surface area contributed by atoms with Gasteiger partial charge in [-0.25, -0.2) is 0 Å². The zero-order chi connectivity index (χ0) is 13.1. The summed E-state index contributed by atoms with van der Waals surface area (Å²) in [6.07, 6.45) is 3.11. The second-order valence-electron chi connectivity index (χ2n) is 4.42. The molecule has 0 aromatic heterocycles. The van der Waals surface area contributed by atoms with E-state index in [1.807, 2.05) is 0 Å². The van der Waals surface area contributed by atoms with Crippen molar-refractivity contribution in [2.24, 2.45) is 0 Å². The molecule has 1 atom stereocenters. The van der Waals surface area contributed by atoms with Gasteiger partial charge in [0, 0.05) is 17.7 Å². The lowest BCUT2D eigenvalue weighted by atomic mass is 10.0. The lowest BCUT2D eigenvalue weighted by Crippen LogP contribution is -2.23. The number of nitrogens with one attached hydrogen (secondary N) is 1. The zero-order valence-electron chi connectivity index (χ0n) is 10.6. The summed E-state index contributed by atoms with van der Waals surface area (Å²) in [4.78, 5) is 0. The van der Waals surface area contributed by atoms with Crippen LogP contribution in [0.5, 0.6) is 17.2 Å². The van der Waals surface area contributed by atoms with Crippen LogP contribution in [0.4, 0.5) is 0 Å². The first-order valence-electron chi connectivity index (χ1n) is 6.03. The molecule has 4 nitrogen and oxygen atoms in total. The van der Waals surface area contributed by atoms with E-state index in [1.54, 1.807) is 20.3 Å². The van der Waals surface area contributed by atoms with E-state index in [-0.39, 0.29) is 5.75 Å². The number of ether oxygens (including phenoxy) is 2. The minimum Gasteiger partial charge on any atom is -0.507 e. The van der Waals surface area contributed by atoms with Crippen molar-refractivity contribution in [2.75, 3.05) is 20.8 Å². The molecule has 1 unspecified atom stereocenters. The second-order valence-corrected chi connectivity index (χ2v) is 5.21. The summed E-state index contributed by atoms with van der Waals surface area (Å²) in [5.41, 5.74) is 0.868. The molecule has 2 rings (SSSR count). The van der Waals surface area contributed by atoms with E-state index in [2.05, 4.69) is 21.2 Å². The minimum atomic E-state index is 0.244. The van der Waals surface area contributed by atoms with Gasteiger partial charge < -0.3 is 19.9 Å². The smallest absolute Gasteiger partial charge is 0.175 e. The molecule has 1 aromatic rings. The van der Waals surface area contributed by atoms with Crippen molar-refractivity contribution in [3.05, 3.63) is 16.1 Å². The first-order chi connectivity index (χ1) is 8.67. The van der Waals surface area contributed by atoms with Crippen molar-refractivity contribution in [3.8, 4) is 17.2 Å². The van der Waals surface area contributed by atoms with Crippen molar-refractivity contribution in [1.29, 1.82) is 0 Å². The van der Waals surface area contributed by atoms with Gasteiger partial charge in [0.1, 0.15) is 5.75 Å². The summed E-state index contributed by atoms with van der Waals surface area (Å²) < 4.78 is 11.3. The maximum atomic E-state index is 10.1. The average Bonchev–Trinajstić information content (AvgIpc) is 2.86. The van der Waals surface area contributed by atoms with Gasteiger partial charge >= 0.3 is 0 Å². The summed E-state index contributed by atoms with van der Waals surface area (Å²) in [5, 5.41) is 13.5. The Balaban J connectivity index is 2.33. The van der Waals surface area contributed by atoms with Crippen LogP contribution in [-0.2, 0) is 6.42 Å². The van der Waals surface area contributed by atoms with Crippen LogP contribution in [-0.4, -0.2) is 31.9 Å². The van der Waals surface area contributed by atoms with Crippen LogP contribution in [0, 0.1) is 0 Å². The Labute approximate surface area is 115 Å². The van der Waals surface area contributed by atoms with Crippen molar-refractivity contribution in [3.63, 3.8) is 0 Å². The molecule has 18 heavy (non-hydrogen) atoms. The predicted molar refractivity (Wildman–Crippen MR) is 73.6 cm³/mol. The highest BCUT2D eigenvalue weighted by atomic mass is 79.9. The van der Waals surface area contributed by atoms with Crippen LogP contribution in [0.3, 0.4) is 0 Å². The van der Waals surface area contributed by atoms with Crippen LogP contribution in [0.15, 0.2) is 10.5 Å². The van der Waals surface area contributed by atoms with Crippen molar-refractivity contribution >= 4 is 15.9 Å². The lowest BCUT2D eigenvalue weighted by molar-refractivity contribution is 0.348. The Morgan fingerprint density at radius 3 is 2.78 bits per heavy atom. The number of halogens is 1. The Kier molecular flexibility index (Phi) is 4.35. The van der Waals surface area contributed by atoms with E-state index < -0.39 is 0 Å². The maximum Gasteiger partial charge on any atom is 0.175 e. The summed E-state index contributed by atoms with van der Waals surface area (Å²) in [5.74, 6) is 1.40. The second kappa shape index (κ2) is 5.80. The summed E-state index contributed by atoms with van der Waals surface area (Å²) in [7, 11) is 3.15. The number of hydrogen-bond acceptors (Lipinski definition) is 4. The maximum absolute atomic E-state index is 10.1. The van der Waals surface area contributed by atoms with Gasteiger partial charge in [0.2, 0.25) is 0 Å². The minimum absolute atomic E-state index is 0.244. The summed E-state index contributed by atoms with van der Waals surface area (Å²) in [6, 6.07) is 2.03. The third kappa shape index (κ3) is 2.57. The van der Waals surface area contributed by atoms with Gasteiger partial charge in [0.15, 0.2) is 11.5 Å². The normalized spacial score (nSPS) is 18.9. The fraction of sp³-hybridized carbons (Fsp3) is 0.538. The molecule has 5 heteroatoms. The standard InChI is InChI=1S/C13H18BrNO3/c1-17-11-7-10(16)9(12(14)13(11)18-2)6-8-4-3-5-15-8/h7-8,15-16H,3-6H2,1-2H3. The average molecular weight is 316 g/mol. The first-order valence-corrected chi connectivity index (χ1v) is 6.82. The number of rotatable bonds is 4. The summed E-state index contributed by atoms with van der Waals surface area (Å²) >= 11 is 3.50. The first kappa shape index (κ1) is 13.5. The number of methoxy groups -OCH3 is 2. The van der Waals surface area contributed by atoms with E-state index in [4.69, 9.17) is 9.47 Å². The molecule has 0 amide bonds. The van der Waals surface area contributed by atoms with Crippen LogP contribution >= 0.6 is 15.9 Å². The quantitative estimate of drug-likeness (QED) is 0.896. The van der Waals surface area contributed by atoms with Gasteiger partial charge in [-0.2, -0.15) is 0 Å². The highest BCUT2D eigenvalue weighted by molar-refractivity contribution is 9.10. The molecule has 2 N–H and O–H groups in total. The molecule has 0 bridgehead atoms. The Hall–Kier alpha value is -0.940. The molecule has 0 radical (unpaired) electrons. The molecule has 1 fully saturated rings. The van der Waals surface area contributed by atoms with Gasteiger partial charge in [-0.15, -0.1) is 0 Å². The zero-order valence-corrected chi connectivity index (χ0v) is 12.2. The molecule has 0 saturated carbocycles. The highest BCUT2D eigenvalue weighted by Gasteiger charge is 2.22. The fourth-order valence-corrected chi connectivity index (χ4v) is 3.07. The van der Waals surface area contributed by atoms with Gasteiger partial charge in [-0.1, -0.05) is 0 Å². The van der Waals surface area contributed by atoms with Crippen LogP contribution in [0.2, 0.25) is 0 Å². The molecule has 100 valence electrons. The van der Waals surface area contributed by atoms with Crippen molar-refractivity contribution in [2.45, 2.75) is 25.3 Å². The number of phenolic OH excluding ortho intramolecular Hbond substituents is 1. The molecule has 1 heterocycles. The largest absolute Gasteiger partial charge is 0.507 e. The van der Waals surface area contributed by atoms with Crippen molar-refractivity contribution < 1.29 is 14.6 Å². The molecular weight excluding hydrogens is 298 g/mol. The molecule has 0 aliphatic carbocycles. The van der Waals surface area contributed by atoms with E-state index >= 15 is 0 Å². The summed E-state index contributed by atoms with van der Waals surface area (Å²) in [6.45, 7) is 1.05. The number of phenols is 1. The molecular formula is C13H18BrNO3. The number of hydrogen-bond donors (Lipinski definition) is 2. The fourth-order valence-electron chi connectivity index (χ4n) is 2.35. The van der Waals surface area contributed by atoms with Gasteiger partial charge in [-0.3, -0.25) is 0 Å². The SMILES string of the molecule is COc1cc(O)c(CC2CCCN2)c(Br)c1OC. The molecule has 1 aromatic carbocycles. The van der Waals surface area contributed by atoms with Gasteiger partial charge in [0.05, 0.1) is 18.7 Å². The Morgan fingerprint density at radius 2 is 2.22 bits per heavy atom. The number of aromatic hydroxyl groups is 1. The predicted octanol–water partition coefficient (Wildman–Crippen LogP) is 2.47. The van der Waals surface area contributed by atoms with Crippen molar-refractivity contribution in [1.82, 2.24) is 5.32 Å². The van der Waals surface area contributed by atoms with E-state index in [1.165, 1.54) is 6.42 Å². The highest BCUT2D eigenvalue weighted by Crippen LogP contribution is 2.43. The van der Waals surface area contributed by atoms with E-state index in [0.29, 0.717) is 17.5 Å². The lowest BCUT2D eigenvalue weighted by Gasteiger charge is -2.17. The van der Waals surface area contributed by atoms with Gasteiger partial charge in [0.25, 0.3) is 0 Å². The third-order valence-electron chi connectivity index (χ3n) is 3.30. The van der Waals surface area contributed by atoms with Crippen LogP contribution in [0.25, 0.3) is 0 Å². The number of benzene rings is 1. The Bertz CT molecular complexity index is 431. The van der Waals surface area contributed by atoms with Crippen LogP contribution in [0.1, 0.15) is 18.4 Å². The van der Waals surface area contributed by atoms with E-state index in [9.17, 15) is 5.11 Å². The van der Waals surface area contributed by atoms with Crippen LogP contribution < -0.4 is 14.8 Å². The molecule has 1 aliphatic rings. The molecule has 1 saturated heterocycles. The monoisotopic (exact) mass is 315 g/mol. The molecule has 0 spiro atoms. The Morgan fingerprint density at radius 1 is 1.44 bits per heavy atom. The molecule has 1 aliphatic heterocycles. The third-order valence-corrected chi connectivity index (χ3v) is 4.14. The van der Waals surface area contributed by atoms with Gasteiger partial charge in [-0.05, 0) is 41.7 Å². The van der Waals surface area contributed by atoms with E-state index in [0.717, 1.165) is 29.4 Å². The topological polar surface area (TPSA) is 50.7 Å².